The molecule has 0 radical (unpaired) electrons. The molecule has 5 N–H and O–H groups in total. The maximum atomic E-state index is 11.9. The highest BCUT2D eigenvalue weighted by Gasteiger charge is 2.30. The molecule has 0 aliphatic heterocycles. The fourth-order valence-electron chi connectivity index (χ4n) is 3.85. The summed E-state index contributed by atoms with van der Waals surface area (Å²) in [5.41, 5.74) is 0.886. The summed E-state index contributed by atoms with van der Waals surface area (Å²) in [6.07, 6.45) is 5.40. The first-order valence-corrected chi connectivity index (χ1v) is 12.6. The summed E-state index contributed by atoms with van der Waals surface area (Å²) in [6.45, 7) is 9.78. The molecule has 0 bridgehead atoms. The van der Waals surface area contributed by atoms with Crippen LogP contribution < -0.4 is 0 Å². The summed E-state index contributed by atoms with van der Waals surface area (Å²) in [7, 11) is 0. The number of esters is 1. The van der Waals surface area contributed by atoms with E-state index in [9.17, 15) is 25.2 Å². The Kier molecular flexibility index (Phi) is 17.8. The Morgan fingerprint density at radius 2 is 1.27 bits per heavy atom. The van der Waals surface area contributed by atoms with Crippen molar-refractivity contribution in [3.63, 3.8) is 0 Å². The Bertz CT molecular complexity index is 535. The van der Waals surface area contributed by atoms with Gasteiger partial charge in [0.1, 0.15) is 31.0 Å². The van der Waals surface area contributed by atoms with E-state index in [1.165, 1.54) is 44.6 Å². The van der Waals surface area contributed by atoms with Gasteiger partial charge >= 0.3 is 5.97 Å². The number of hydrogen-bond donors (Lipinski definition) is 5. The molecule has 0 aromatic rings. The van der Waals surface area contributed by atoms with Crippen LogP contribution in [0.25, 0.3) is 0 Å². The topological polar surface area (TPSA) is 127 Å². The van der Waals surface area contributed by atoms with Crippen LogP contribution in [-0.4, -0.2) is 69.1 Å². The molecule has 0 aromatic heterocycles. The zero-order valence-electron chi connectivity index (χ0n) is 21.4. The zero-order chi connectivity index (χ0) is 25.4. The van der Waals surface area contributed by atoms with Crippen LogP contribution in [0.1, 0.15) is 92.4 Å². The minimum Gasteiger partial charge on any atom is -0.460 e. The molecule has 7 heteroatoms. The van der Waals surface area contributed by atoms with Gasteiger partial charge in [-0.3, -0.25) is 0 Å². The Morgan fingerprint density at radius 1 is 0.788 bits per heavy atom. The standard InChI is InChI=1S/C26H50O7/c1-18(2)9-6-10-19(3)11-7-12-20(4)13-8-14-21(5)15-24(30)33-17-23(29)26(32)25(31)22(28)16-27/h15,18-20,22-23,25-29,31-32H,6-14,16-17H2,1-5H3/t19?,20?,22-,23-,25-,26-/m0/s1. The van der Waals surface area contributed by atoms with Crippen molar-refractivity contribution in [2.24, 2.45) is 17.8 Å². The Morgan fingerprint density at radius 3 is 1.79 bits per heavy atom. The van der Waals surface area contributed by atoms with Crippen molar-refractivity contribution in [3.05, 3.63) is 11.6 Å². The normalized spacial score (nSPS) is 18.0. The number of ether oxygens (including phenoxy) is 1. The fraction of sp³-hybridized carbons (Fsp3) is 0.885. The molecule has 33 heavy (non-hydrogen) atoms. The lowest BCUT2D eigenvalue weighted by Crippen LogP contribution is -2.47. The van der Waals surface area contributed by atoms with Crippen molar-refractivity contribution in [2.75, 3.05) is 13.2 Å². The van der Waals surface area contributed by atoms with Gasteiger partial charge in [-0.05, 0) is 37.5 Å². The lowest BCUT2D eigenvalue weighted by Gasteiger charge is -2.25. The minimum absolute atomic E-state index is 0.522. The van der Waals surface area contributed by atoms with Crippen LogP contribution >= 0.6 is 0 Å². The van der Waals surface area contributed by atoms with Crippen LogP contribution in [0.4, 0.5) is 0 Å². The number of carbonyl (C=O) groups is 1. The summed E-state index contributed by atoms with van der Waals surface area (Å²) in [4.78, 5) is 11.9. The molecule has 0 fully saturated rings. The Labute approximate surface area is 200 Å². The second kappa shape index (κ2) is 18.4. The third-order valence-electron chi connectivity index (χ3n) is 6.23. The summed E-state index contributed by atoms with van der Waals surface area (Å²) < 4.78 is 4.92. The average molecular weight is 475 g/mol. The van der Waals surface area contributed by atoms with Crippen LogP contribution in [-0.2, 0) is 9.53 Å². The largest absolute Gasteiger partial charge is 0.460 e. The average Bonchev–Trinajstić information content (AvgIpc) is 2.75. The smallest absolute Gasteiger partial charge is 0.330 e. The van der Waals surface area contributed by atoms with E-state index in [0.29, 0.717) is 5.92 Å². The van der Waals surface area contributed by atoms with Crippen LogP contribution in [0, 0.1) is 17.8 Å². The Hall–Kier alpha value is -0.990. The van der Waals surface area contributed by atoms with E-state index >= 15 is 0 Å². The molecule has 0 aliphatic carbocycles. The number of aliphatic hydroxyl groups is 5. The Balaban J connectivity index is 4.05. The summed E-state index contributed by atoms with van der Waals surface area (Å²) in [5.74, 6) is 1.62. The van der Waals surface area contributed by atoms with Gasteiger partial charge in [-0.1, -0.05) is 78.2 Å². The first-order chi connectivity index (χ1) is 15.5. The second-order valence-corrected chi connectivity index (χ2v) is 10.3. The van der Waals surface area contributed by atoms with Gasteiger partial charge < -0.3 is 30.3 Å². The number of carbonyl (C=O) groups excluding carboxylic acids is 1. The number of hydrogen-bond acceptors (Lipinski definition) is 7. The van der Waals surface area contributed by atoms with E-state index in [2.05, 4.69) is 27.7 Å². The predicted octanol–water partition coefficient (Wildman–Crippen LogP) is 3.35. The van der Waals surface area contributed by atoms with E-state index < -0.39 is 43.6 Å². The van der Waals surface area contributed by atoms with Gasteiger partial charge in [-0.15, -0.1) is 0 Å². The van der Waals surface area contributed by atoms with Gasteiger partial charge in [0.25, 0.3) is 0 Å². The van der Waals surface area contributed by atoms with Gasteiger partial charge in [0.2, 0.25) is 0 Å². The lowest BCUT2D eigenvalue weighted by molar-refractivity contribution is -0.151. The molecular formula is C26H50O7. The van der Waals surface area contributed by atoms with Crippen molar-refractivity contribution in [2.45, 2.75) is 117 Å². The predicted molar refractivity (Wildman–Crippen MR) is 131 cm³/mol. The summed E-state index contributed by atoms with van der Waals surface area (Å²) >= 11 is 0. The molecule has 0 saturated carbocycles. The molecule has 0 spiro atoms. The highest BCUT2D eigenvalue weighted by molar-refractivity contribution is 5.82. The lowest BCUT2D eigenvalue weighted by atomic mass is 9.91. The molecule has 196 valence electrons. The van der Waals surface area contributed by atoms with E-state index in [4.69, 9.17) is 9.84 Å². The third-order valence-corrected chi connectivity index (χ3v) is 6.23. The molecule has 0 aliphatic rings. The quantitative estimate of drug-likeness (QED) is 0.143. The molecule has 0 rings (SSSR count). The summed E-state index contributed by atoms with van der Waals surface area (Å²) in [5, 5.41) is 47.1. The highest BCUT2D eigenvalue weighted by Crippen LogP contribution is 2.22. The van der Waals surface area contributed by atoms with Crippen LogP contribution in [0.2, 0.25) is 0 Å². The van der Waals surface area contributed by atoms with Crippen molar-refractivity contribution in [1.82, 2.24) is 0 Å². The van der Waals surface area contributed by atoms with E-state index in [1.807, 2.05) is 6.92 Å². The second-order valence-electron chi connectivity index (χ2n) is 10.3. The highest BCUT2D eigenvalue weighted by atomic mass is 16.5. The molecule has 0 saturated heterocycles. The molecular weight excluding hydrogens is 424 g/mol. The van der Waals surface area contributed by atoms with Crippen LogP contribution in [0.3, 0.4) is 0 Å². The van der Waals surface area contributed by atoms with Crippen LogP contribution in [0.5, 0.6) is 0 Å². The number of rotatable bonds is 19. The van der Waals surface area contributed by atoms with Crippen molar-refractivity contribution < 1.29 is 35.1 Å². The van der Waals surface area contributed by atoms with Gasteiger partial charge in [-0.25, -0.2) is 4.79 Å². The monoisotopic (exact) mass is 474 g/mol. The molecule has 0 amide bonds. The van der Waals surface area contributed by atoms with Gasteiger partial charge in [0.05, 0.1) is 6.61 Å². The van der Waals surface area contributed by atoms with E-state index in [1.54, 1.807) is 0 Å². The van der Waals surface area contributed by atoms with Gasteiger partial charge in [0, 0.05) is 6.08 Å². The maximum absolute atomic E-state index is 11.9. The first kappa shape index (κ1) is 32.0. The third kappa shape index (κ3) is 16.3. The molecule has 0 heterocycles. The van der Waals surface area contributed by atoms with Crippen molar-refractivity contribution in [1.29, 1.82) is 0 Å². The van der Waals surface area contributed by atoms with E-state index in [-0.39, 0.29) is 0 Å². The van der Waals surface area contributed by atoms with Crippen molar-refractivity contribution in [3.8, 4) is 0 Å². The van der Waals surface area contributed by atoms with Gasteiger partial charge in [-0.2, -0.15) is 0 Å². The SMILES string of the molecule is CC(=CC(=O)OC[C@H](O)[C@H](O)[C@@H](O)[C@@H](O)CO)CCCC(C)CCCC(C)CCCC(C)C. The van der Waals surface area contributed by atoms with E-state index in [0.717, 1.165) is 36.7 Å². The summed E-state index contributed by atoms with van der Waals surface area (Å²) in [6, 6.07) is 0. The van der Waals surface area contributed by atoms with Gasteiger partial charge in [0.15, 0.2) is 0 Å². The van der Waals surface area contributed by atoms with Crippen molar-refractivity contribution >= 4 is 5.97 Å². The molecule has 0 aromatic carbocycles. The minimum atomic E-state index is -1.74. The maximum Gasteiger partial charge on any atom is 0.330 e. The molecule has 7 nitrogen and oxygen atoms in total. The van der Waals surface area contributed by atoms with Crippen LogP contribution in [0.15, 0.2) is 11.6 Å². The molecule has 2 unspecified atom stereocenters. The number of aliphatic hydroxyl groups excluding tert-OH is 5. The number of allylic oxidation sites excluding steroid dienone is 1. The fourth-order valence-corrected chi connectivity index (χ4v) is 3.85. The molecule has 6 atom stereocenters. The zero-order valence-corrected chi connectivity index (χ0v) is 21.4. The first-order valence-electron chi connectivity index (χ1n) is 12.6.